The second kappa shape index (κ2) is 8.20. The molecule has 31 heavy (non-hydrogen) atoms. The molecule has 1 fully saturated rings. The molecule has 0 saturated carbocycles. The molecule has 2 aromatic rings. The molecule has 12 heteroatoms. The third-order valence-corrected chi connectivity index (χ3v) is 9.43. The van der Waals surface area contributed by atoms with Crippen LogP contribution in [0.3, 0.4) is 0 Å². The number of hydrogen-bond acceptors (Lipinski definition) is 8. The summed E-state index contributed by atoms with van der Waals surface area (Å²) in [6, 6.07) is 12.1. The van der Waals surface area contributed by atoms with E-state index in [2.05, 4.69) is 0 Å². The number of halogens is 1. The summed E-state index contributed by atoms with van der Waals surface area (Å²) in [5.74, 6) is 0. The number of aliphatic hydroxyl groups is 2. The number of nitrogens with zero attached hydrogens (tertiary/aromatic N) is 3. The molecule has 1 heterocycles. The molecule has 162 valence electrons. The van der Waals surface area contributed by atoms with E-state index in [9.17, 15) is 32.3 Å². The molecule has 0 unspecified atom stereocenters. The zero-order valence-corrected chi connectivity index (χ0v) is 18.2. The Bertz CT molecular complexity index is 1310. The van der Waals surface area contributed by atoms with E-state index in [-0.39, 0.29) is 21.0 Å². The number of aliphatic hydroxyl groups excluding tert-OH is 1. The van der Waals surface area contributed by atoms with Gasteiger partial charge in [0.15, 0.2) is 9.84 Å². The van der Waals surface area contributed by atoms with Crippen LogP contribution in [0.5, 0.6) is 0 Å². The number of sulfonamides is 1. The lowest BCUT2D eigenvalue weighted by atomic mass is 10.1. The van der Waals surface area contributed by atoms with Gasteiger partial charge in [-0.05, 0) is 42.5 Å². The lowest BCUT2D eigenvalue weighted by Crippen LogP contribution is -2.49. The van der Waals surface area contributed by atoms with Crippen LogP contribution in [0.15, 0.2) is 52.3 Å². The van der Waals surface area contributed by atoms with E-state index in [1.165, 1.54) is 30.3 Å². The molecular formula is C19H16ClN3O6S2. The summed E-state index contributed by atoms with van der Waals surface area (Å²) in [5.41, 5.74) is -2.30. The van der Waals surface area contributed by atoms with Gasteiger partial charge in [-0.15, -0.1) is 0 Å². The predicted octanol–water partition coefficient (Wildman–Crippen LogP) is 0.654. The van der Waals surface area contributed by atoms with Crippen molar-refractivity contribution in [2.45, 2.75) is 20.6 Å². The maximum atomic E-state index is 13.1. The molecule has 3 rings (SSSR count). The quantitative estimate of drug-likeness (QED) is 0.629. The van der Waals surface area contributed by atoms with Crippen LogP contribution in [0, 0.1) is 22.7 Å². The van der Waals surface area contributed by atoms with E-state index in [0.717, 1.165) is 16.4 Å². The van der Waals surface area contributed by atoms with Crippen LogP contribution in [-0.2, 0) is 19.9 Å². The minimum Gasteiger partial charge on any atom is -0.393 e. The van der Waals surface area contributed by atoms with Crippen molar-refractivity contribution >= 4 is 31.5 Å². The van der Waals surface area contributed by atoms with E-state index < -0.39 is 55.3 Å². The van der Waals surface area contributed by atoms with Crippen LogP contribution in [0.1, 0.15) is 11.1 Å². The standard InChI is InChI=1S/C19H16ClN3O6S2/c20-15-3-6-17(14(7-15)9-22)31(28,29)23-10-18(19(25,11-23)12-24)30(26,27)16-4-1-13(8-21)2-5-16/h1-7,18,24-25H,10-12H2/t18-,19+/m0/s1. The molecular weight excluding hydrogens is 466 g/mol. The van der Waals surface area contributed by atoms with Crippen molar-refractivity contribution in [3.05, 3.63) is 58.6 Å². The van der Waals surface area contributed by atoms with Gasteiger partial charge in [-0.1, -0.05) is 11.6 Å². The van der Waals surface area contributed by atoms with Crippen LogP contribution < -0.4 is 0 Å². The third kappa shape index (κ3) is 4.04. The van der Waals surface area contributed by atoms with Crippen molar-refractivity contribution in [3.63, 3.8) is 0 Å². The van der Waals surface area contributed by atoms with E-state index in [1.54, 1.807) is 6.07 Å². The smallest absolute Gasteiger partial charge is 0.244 e. The topological polar surface area (TPSA) is 160 Å². The summed E-state index contributed by atoms with van der Waals surface area (Å²) in [5, 5.41) is 37.2. The van der Waals surface area contributed by atoms with E-state index in [0.29, 0.717) is 0 Å². The summed E-state index contributed by atoms with van der Waals surface area (Å²) < 4.78 is 53.3. The Kier molecular flexibility index (Phi) is 6.13. The highest BCUT2D eigenvalue weighted by Crippen LogP contribution is 2.35. The lowest BCUT2D eigenvalue weighted by Gasteiger charge is -2.26. The van der Waals surface area contributed by atoms with Crippen LogP contribution in [0.2, 0.25) is 5.02 Å². The molecule has 0 aromatic heterocycles. The Morgan fingerprint density at radius 2 is 1.74 bits per heavy atom. The fraction of sp³-hybridized carbons (Fsp3) is 0.263. The minimum absolute atomic E-state index is 0.144. The molecule has 0 bridgehead atoms. The van der Waals surface area contributed by atoms with Crippen LogP contribution in [0.4, 0.5) is 0 Å². The van der Waals surface area contributed by atoms with Crippen LogP contribution in [-0.4, -0.2) is 61.9 Å². The number of rotatable bonds is 5. The Morgan fingerprint density at radius 3 is 2.29 bits per heavy atom. The van der Waals surface area contributed by atoms with Gasteiger partial charge in [-0.3, -0.25) is 0 Å². The monoisotopic (exact) mass is 481 g/mol. The Morgan fingerprint density at radius 1 is 1.10 bits per heavy atom. The second-order valence-corrected chi connectivity index (χ2v) is 11.5. The molecule has 2 atom stereocenters. The Labute approximate surface area is 184 Å². The van der Waals surface area contributed by atoms with Crippen molar-refractivity contribution in [3.8, 4) is 12.1 Å². The predicted molar refractivity (Wildman–Crippen MR) is 109 cm³/mol. The lowest BCUT2D eigenvalue weighted by molar-refractivity contribution is 0.00160. The molecule has 1 aliphatic heterocycles. The van der Waals surface area contributed by atoms with Gasteiger partial charge in [0.1, 0.15) is 21.8 Å². The molecule has 2 N–H and O–H groups in total. The van der Waals surface area contributed by atoms with E-state index in [1.807, 2.05) is 6.07 Å². The molecule has 9 nitrogen and oxygen atoms in total. The maximum absolute atomic E-state index is 13.1. The summed E-state index contributed by atoms with van der Waals surface area (Å²) in [4.78, 5) is -0.622. The molecule has 1 saturated heterocycles. The maximum Gasteiger partial charge on any atom is 0.244 e. The van der Waals surface area contributed by atoms with Crippen molar-refractivity contribution in [1.29, 1.82) is 10.5 Å². The van der Waals surface area contributed by atoms with Gasteiger partial charge < -0.3 is 10.2 Å². The molecule has 0 spiro atoms. The zero-order chi connectivity index (χ0) is 23.0. The van der Waals surface area contributed by atoms with Crippen LogP contribution in [0.25, 0.3) is 0 Å². The SMILES string of the molecule is N#Cc1ccc(S(=O)(=O)[C@H]2CN(S(=O)(=O)c3ccc(Cl)cc3C#N)C[C@@]2(O)CO)cc1. The van der Waals surface area contributed by atoms with Crippen molar-refractivity contribution in [1.82, 2.24) is 4.31 Å². The first-order valence-electron chi connectivity index (χ1n) is 8.77. The number of β-amino-alcohol motifs (C(OH)–C–C–N with tert-alkyl or cyclic N) is 1. The van der Waals surface area contributed by atoms with Crippen molar-refractivity contribution < 1.29 is 27.0 Å². The fourth-order valence-electron chi connectivity index (χ4n) is 3.39. The average Bonchev–Trinajstić information content (AvgIpc) is 3.13. The Balaban J connectivity index is 2.04. The summed E-state index contributed by atoms with van der Waals surface area (Å²) in [6.07, 6.45) is 0. The largest absolute Gasteiger partial charge is 0.393 e. The normalized spacial score (nSPS) is 22.0. The summed E-state index contributed by atoms with van der Waals surface area (Å²) in [7, 11) is -8.68. The molecule has 0 aliphatic carbocycles. The number of sulfone groups is 1. The Hall–Kier alpha value is -2.51. The van der Waals surface area contributed by atoms with Crippen molar-refractivity contribution in [2.24, 2.45) is 0 Å². The second-order valence-electron chi connectivity index (χ2n) is 6.98. The van der Waals surface area contributed by atoms with Gasteiger partial charge in [0.05, 0.1) is 28.7 Å². The first kappa shape index (κ1) is 23.2. The number of hydrogen-bond donors (Lipinski definition) is 2. The van der Waals surface area contributed by atoms with Gasteiger partial charge in [-0.2, -0.15) is 14.8 Å². The zero-order valence-electron chi connectivity index (χ0n) is 15.8. The highest BCUT2D eigenvalue weighted by molar-refractivity contribution is 7.92. The first-order valence-corrected chi connectivity index (χ1v) is 12.1. The highest BCUT2D eigenvalue weighted by Gasteiger charge is 2.55. The average molecular weight is 482 g/mol. The molecule has 0 amide bonds. The van der Waals surface area contributed by atoms with Crippen LogP contribution >= 0.6 is 11.6 Å². The van der Waals surface area contributed by atoms with E-state index in [4.69, 9.17) is 16.9 Å². The fourth-order valence-corrected chi connectivity index (χ4v) is 7.24. The third-order valence-electron chi connectivity index (χ3n) is 5.06. The van der Waals surface area contributed by atoms with Gasteiger partial charge >= 0.3 is 0 Å². The van der Waals surface area contributed by atoms with Gasteiger partial charge in [-0.25, -0.2) is 16.8 Å². The molecule has 2 aromatic carbocycles. The molecule has 0 radical (unpaired) electrons. The van der Waals surface area contributed by atoms with Gasteiger partial charge in [0.2, 0.25) is 10.0 Å². The van der Waals surface area contributed by atoms with Gasteiger partial charge in [0.25, 0.3) is 0 Å². The summed E-state index contributed by atoms with van der Waals surface area (Å²) >= 11 is 5.81. The van der Waals surface area contributed by atoms with E-state index >= 15 is 0 Å². The van der Waals surface area contributed by atoms with Gasteiger partial charge in [0, 0.05) is 18.1 Å². The van der Waals surface area contributed by atoms with Crippen molar-refractivity contribution in [2.75, 3.05) is 19.7 Å². The number of benzene rings is 2. The highest BCUT2D eigenvalue weighted by atomic mass is 35.5. The summed E-state index contributed by atoms with van der Waals surface area (Å²) in [6.45, 7) is -2.35. The number of nitriles is 2. The minimum atomic E-state index is -4.39. The first-order chi connectivity index (χ1) is 14.5. The molecule has 1 aliphatic rings.